The maximum Gasteiger partial charge on any atom is 0.254 e. The summed E-state index contributed by atoms with van der Waals surface area (Å²) in [4.78, 5) is 27.3. The molecule has 138 valence electrons. The van der Waals surface area contributed by atoms with E-state index in [1.54, 1.807) is 30.0 Å². The van der Waals surface area contributed by atoms with E-state index in [9.17, 15) is 9.59 Å². The molecule has 2 aliphatic rings. The molecule has 1 aromatic heterocycles. The minimum absolute atomic E-state index is 0.108. The van der Waals surface area contributed by atoms with E-state index in [4.69, 9.17) is 4.74 Å². The highest BCUT2D eigenvalue weighted by Gasteiger charge is 2.41. The number of rotatable bonds is 3. The first kappa shape index (κ1) is 17.4. The number of hydrogen-bond donors (Lipinski definition) is 1. The Bertz CT molecular complexity index is 833. The highest BCUT2D eigenvalue weighted by molar-refractivity contribution is 7.00. The van der Waals surface area contributed by atoms with Crippen molar-refractivity contribution in [2.24, 2.45) is 0 Å². The fourth-order valence-electron chi connectivity index (χ4n) is 3.69. The van der Waals surface area contributed by atoms with E-state index < -0.39 is 5.60 Å². The van der Waals surface area contributed by atoms with Crippen LogP contribution in [0.2, 0.25) is 0 Å². The molecule has 0 spiro atoms. The molecular weight excluding hydrogens is 352 g/mol. The van der Waals surface area contributed by atoms with Crippen molar-refractivity contribution in [3.05, 3.63) is 23.8 Å². The van der Waals surface area contributed by atoms with Crippen LogP contribution in [0.15, 0.2) is 18.2 Å². The number of carbonyl (C=O) groups excluding carboxylic acids is 2. The first-order chi connectivity index (χ1) is 12.5. The molecule has 4 rings (SSSR count). The van der Waals surface area contributed by atoms with Gasteiger partial charge in [0.1, 0.15) is 11.0 Å². The average Bonchev–Trinajstić information content (AvgIpc) is 3.31. The normalized spacial score (nSPS) is 24.1. The molecular formula is C18H22N4O3S. The van der Waals surface area contributed by atoms with Gasteiger partial charge in [0.2, 0.25) is 0 Å². The maximum atomic E-state index is 12.9. The van der Waals surface area contributed by atoms with Gasteiger partial charge in [-0.25, -0.2) is 0 Å². The van der Waals surface area contributed by atoms with E-state index in [1.165, 1.54) is 0 Å². The summed E-state index contributed by atoms with van der Waals surface area (Å²) in [7, 11) is 0. The molecule has 0 bridgehead atoms. The number of amides is 2. The minimum Gasteiger partial charge on any atom is -0.362 e. The second kappa shape index (κ2) is 6.92. The van der Waals surface area contributed by atoms with Gasteiger partial charge in [-0.1, -0.05) is 12.8 Å². The van der Waals surface area contributed by atoms with Crippen LogP contribution in [-0.2, 0) is 9.53 Å². The number of fused-ring (bicyclic) bond motifs is 1. The van der Waals surface area contributed by atoms with Crippen LogP contribution >= 0.6 is 11.7 Å². The third-order valence-corrected chi connectivity index (χ3v) is 5.79. The highest BCUT2D eigenvalue weighted by Crippen LogP contribution is 2.23. The van der Waals surface area contributed by atoms with E-state index in [2.05, 4.69) is 14.1 Å². The Morgan fingerprint density at radius 3 is 2.85 bits per heavy atom. The number of carbonyl (C=O) groups is 2. The fraction of sp³-hybridized carbons (Fsp3) is 0.556. The molecule has 1 saturated heterocycles. The van der Waals surface area contributed by atoms with Gasteiger partial charge in [0, 0.05) is 18.2 Å². The largest absolute Gasteiger partial charge is 0.362 e. The molecule has 1 N–H and O–H groups in total. The Hall–Kier alpha value is -2.06. The Labute approximate surface area is 156 Å². The lowest BCUT2D eigenvalue weighted by molar-refractivity contribution is -0.154. The molecule has 7 nitrogen and oxygen atoms in total. The molecule has 8 heteroatoms. The van der Waals surface area contributed by atoms with Crippen LogP contribution in [0.4, 0.5) is 0 Å². The molecule has 0 radical (unpaired) electrons. The van der Waals surface area contributed by atoms with E-state index in [-0.39, 0.29) is 24.4 Å². The van der Waals surface area contributed by atoms with Crippen LogP contribution in [0.25, 0.3) is 11.0 Å². The van der Waals surface area contributed by atoms with Crippen LogP contribution < -0.4 is 5.32 Å². The molecule has 1 aromatic carbocycles. The molecule has 1 saturated carbocycles. The van der Waals surface area contributed by atoms with E-state index in [1.807, 2.05) is 0 Å². The summed E-state index contributed by atoms with van der Waals surface area (Å²) < 4.78 is 14.1. The van der Waals surface area contributed by atoms with Crippen molar-refractivity contribution >= 4 is 34.6 Å². The summed E-state index contributed by atoms with van der Waals surface area (Å²) in [6.45, 7) is 2.83. The van der Waals surface area contributed by atoms with Crippen LogP contribution in [0, 0.1) is 0 Å². The van der Waals surface area contributed by atoms with Gasteiger partial charge in [-0.15, -0.1) is 0 Å². The van der Waals surface area contributed by atoms with Crippen LogP contribution in [0.1, 0.15) is 43.0 Å². The topological polar surface area (TPSA) is 84.4 Å². The summed E-state index contributed by atoms with van der Waals surface area (Å²) in [5.74, 6) is -0.232. The summed E-state index contributed by atoms with van der Waals surface area (Å²) in [5, 5.41) is 3.09. The van der Waals surface area contributed by atoms with Crippen molar-refractivity contribution in [1.29, 1.82) is 0 Å². The van der Waals surface area contributed by atoms with E-state index >= 15 is 0 Å². The second-order valence-electron chi connectivity index (χ2n) is 7.23. The van der Waals surface area contributed by atoms with Gasteiger partial charge in [0.15, 0.2) is 5.60 Å². The number of aromatic nitrogens is 2. The van der Waals surface area contributed by atoms with Crippen molar-refractivity contribution in [3.63, 3.8) is 0 Å². The van der Waals surface area contributed by atoms with Crippen LogP contribution in [-0.4, -0.2) is 56.8 Å². The molecule has 2 amide bonds. The van der Waals surface area contributed by atoms with Gasteiger partial charge in [-0.3, -0.25) is 9.59 Å². The number of ether oxygens (including phenoxy) is 1. The quantitative estimate of drug-likeness (QED) is 0.888. The number of benzene rings is 1. The minimum atomic E-state index is -1.01. The predicted molar refractivity (Wildman–Crippen MR) is 98.1 cm³/mol. The molecule has 0 unspecified atom stereocenters. The number of nitrogens with one attached hydrogen (secondary N) is 1. The van der Waals surface area contributed by atoms with Gasteiger partial charge in [-0.05, 0) is 38.0 Å². The maximum absolute atomic E-state index is 12.9. The molecule has 1 aliphatic heterocycles. The number of morpholine rings is 1. The lowest BCUT2D eigenvalue weighted by atomic mass is 10.0. The van der Waals surface area contributed by atoms with E-state index in [0.717, 1.165) is 48.4 Å². The first-order valence-corrected chi connectivity index (χ1v) is 9.75. The van der Waals surface area contributed by atoms with Gasteiger partial charge < -0.3 is 15.0 Å². The van der Waals surface area contributed by atoms with Gasteiger partial charge in [-0.2, -0.15) is 8.75 Å². The van der Waals surface area contributed by atoms with Crippen molar-refractivity contribution in [1.82, 2.24) is 19.0 Å². The molecule has 2 heterocycles. The summed E-state index contributed by atoms with van der Waals surface area (Å²) in [6.07, 6.45) is 4.35. The Morgan fingerprint density at radius 2 is 2.04 bits per heavy atom. The lowest BCUT2D eigenvalue weighted by Crippen LogP contribution is -2.60. The fourth-order valence-corrected chi connectivity index (χ4v) is 4.20. The Morgan fingerprint density at radius 1 is 1.27 bits per heavy atom. The summed E-state index contributed by atoms with van der Waals surface area (Å²) >= 11 is 1.13. The van der Waals surface area contributed by atoms with Crippen LogP contribution in [0.5, 0.6) is 0 Å². The molecule has 2 fully saturated rings. The van der Waals surface area contributed by atoms with Gasteiger partial charge >= 0.3 is 0 Å². The predicted octanol–water partition coefficient (Wildman–Crippen LogP) is 1.98. The van der Waals surface area contributed by atoms with E-state index in [0.29, 0.717) is 18.7 Å². The third-order valence-electron chi connectivity index (χ3n) is 5.23. The summed E-state index contributed by atoms with van der Waals surface area (Å²) in [5.41, 5.74) is 1.05. The second-order valence-corrected chi connectivity index (χ2v) is 7.76. The standard InChI is InChI=1S/C18H22N4O3S/c1-18(17(24)19-13-4-2-3-5-13)11-22(8-9-25-18)16(23)12-6-7-14-15(10-12)21-26-20-14/h6-7,10,13H,2-5,8-9,11H2,1H3,(H,19,24)/t18-/m0/s1. The molecule has 26 heavy (non-hydrogen) atoms. The van der Waals surface area contributed by atoms with Gasteiger partial charge in [0.05, 0.1) is 24.9 Å². The Balaban J connectivity index is 1.48. The summed E-state index contributed by atoms with van der Waals surface area (Å²) in [6, 6.07) is 5.55. The zero-order valence-corrected chi connectivity index (χ0v) is 15.6. The molecule has 2 aromatic rings. The van der Waals surface area contributed by atoms with Crippen molar-refractivity contribution < 1.29 is 14.3 Å². The molecule has 1 aliphatic carbocycles. The zero-order valence-electron chi connectivity index (χ0n) is 14.7. The first-order valence-electron chi connectivity index (χ1n) is 9.02. The monoisotopic (exact) mass is 374 g/mol. The Kier molecular flexibility index (Phi) is 4.62. The zero-order chi connectivity index (χ0) is 18.1. The van der Waals surface area contributed by atoms with Gasteiger partial charge in [0.25, 0.3) is 11.8 Å². The third kappa shape index (κ3) is 3.31. The molecule has 1 atom stereocenters. The van der Waals surface area contributed by atoms with Crippen LogP contribution in [0.3, 0.4) is 0 Å². The number of nitrogens with zero attached hydrogens (tertiary/aromatic N) is 3. The smallest absolute Gasteiger partial charge is 0.254 e. The van der Waals surface area contributed by atoms with Crippen molar-refractivity contribution in [2.75, 3.05) is 19.7 Å². The highest BCUT2D eigenvalue weighted by atomic mass is 32.1. The lowest BCUT2D eigenvalue weighted by Gasteiger charge is -2.39. The average molecular weight is 374 g/mol. The SMILES string of the molecule is C[C@@]1(C(=O)NC2CCCC2)CN(C(=O)c2ccc3nsnc3c2)CCO1. The van der Waals surface area contributed by atoms with Crippen molar-refractivity contribution in [3.8, 4) is 0 Å². The van der Waals surface area contributed by atoms with Crippen molar-refractivity contribution in [2.45, 2.75) is 44.2 Å². The number of hydrogen-bond acceptors (Lipinski definition) is 6.